The van der Waals surface area contributed by atoms with Gasteiger partial charge in [0.25, 0.3) is 0 Å². The summed E-state index contributed by atoms with van der Waals surface area (Å²) >= 11 is 0. The van der Waals surface area contributed by atoms with Gasteiger partial charge in [0.1, 0.15) is 0 Å². The fourth-order valence-corrected chi connectivity index (χ4v) is 3.49. The standard InChI is InChI=1S/C15H28N2O2/c1-5-15(6-8-16-9-7-15)13(18)17-11-10-12(19-4)14(11,2)3/h11-12,16H,5-10H2,1-4H3,(H,17,18). The van der Waals surface area contributed by atoms with Crippen LogP contribution in [0.1, 0.15) is 46.5 Å². The van der Waals surface area contributed by atoms with Crippen molar-refractivity contribution in [1.82, 2.24) is 10.6 Å². The lowest BCUT2D eigenvalue weighted by Gasteiger charge is -2.52. The van der Waals surface area contributed by atoms with Crippen molar-refractivity contribution in [2.24, 2.45) is 10.8 Å². The number of hydrogen-bond acceptors (Lipinski definition) is 3. The highest BCUT2D eigenvalue weighted by molar-refractivity contribution is 5.83. The SMILES string of the molecule is CCC1(C(=O)NC2CC(OC)C2(C)C)CCNCC1. The zero-order chi connectivity index (χ0) is 14.1. The van der Waals surface area contributed by atoms with Crippen LogP contribution in [0.5, 0.6) is 0 Å². The number of carbonyl (C=O) groups is 1. The lowest BCUT2D eigenvalue weighted by atomic mass is 9.64. The molecule has 4 nitrogen and oxygen atoms in total. The van der Waals surface area contributed by atoms with Crippen molar-refractivity contribution in [3.05, 3.63) is 0 Å². The third-order valence-electron chi connectivity index (χ3n) is 5.49. The molecule has 0 bridgehead atoms. The first-order valence-corrected chi connectivity index (χ1v) is 7.51. The number of rotatable bonds is 4. The van der Waals surface area contributed by atoms with E-state index in [-0.39, 0.29) is 28.9 Å². The van der Waals surface area contributed by atoms with Crippen LogP contribution in [0.4, 0.5) is 0 Å². The van der Waals surface area contributed by atoms with E-state index in [9.17, 15) is 4.79 Å². The minimum absolute atomic E-state index is 0.0479. The summed E-state index contributed by atoms with van der Waals surface area (Å²) in [7, 11) is 1.75. The van der Waals surface area contributed by atoms with Crippen LogP contribution in [0.2, 0.25) is 0 Å². The van der Waals surface area contributed by atoms with Crippen LogP contribution in [-0.4, -0.2) is 38.3 Å². The summed E-state index contributed by atoms with van der Waals surface area (Å²) < 4.78 is 5.45. The molecule has 1 saturated carbocycles. The second-order valence-corrected chi connectivity index (χ2v) is 6.69. The molecule has 1 aliphatic carbocycles. The fourth-order valence-electron chi connectivity index (χ4n) is 3.49. The Hall–Kier alpha value is -0.610. The third kappa shape index (κ3) is 2.52. The normalized spacial score (nSPS) is 32.4. The smallest absolute Gasteiger partial charge is 0.226 e. The molecule has 2 aliphatic rings. The predicted octanol–water partition coefficient (Wildman–Crippen LogP) is 1.70. The van der Waals surface area contributed by atoms with E-state index in [4.69, 9.17) is 4.74 Å². The Morgan fingerprint density at radius 3 is 2.47 bits per heavy atom. The molecular weight excluding hydrogens is 240 g/mol. The number of hydrogen-bond donors (Lipinski definition) is 2. The van der Waals surface area contributed by atoms with Gasteiger partial charge in [-0.1, -0.05) is 20.8 Å². The van der Waals surface area contributed by atoms with Crippen molar-refractivity contribution in [3.63, 3.8) is 0 Å². The summed E-state index contributed by atoms with van der Waals surface area (Å²) in [5, 5.41) is 6.63. The van der Waals surface area contributed by atoms with E-state index in [2.05, 4.69) is 31.4 Å². The molecule has 1 heterocycles. The Morgan fingerprint density at radius 1 is 1.37 bits per heavy atom. The van der Waals surface area contributed by atoms with Crippen molar-refractivity contribution in [2.45, 2.75) is 58.6 Å². The molecule has 1 amide bonds. The Morgan fingerprint density at radius 2 is 2.00 bits per heavy atom. The Kier molecular flexibility index (Phi) is 4.21. The first-order chi connectivity index (χ1) is 8.96. The summed E-state index contributed by atoms with van der Waals surface area (Å²) in [5.41, 5.74) is -0.105. The quantitative estimate of drug-likeness (QED) is 0.816. The van der Waals surface area contributed by atoms with Gasteiger partial charge in [-0.25, -0.2) is 0 Å². The van der Waals surface area contributed by atoms with Crippen molar-refractivity contribution >= 4 is 5.91 Å². The van der Waals surface area contributed by atoms with Crippen molar-refractivity contribution in [3.8, 4) is 0 Å². The Bertz CT molecular complexity index is 335. The maximum absolute atomic E-state index is 12.7. The van der Waals surface area contributed by atoms with Gasteiger partial charge in [-0.05, 0) is 38.8 Å². The average molecular weight is 268 g/mol. The average Bonchev–Trinajstić information content (AvgIpc) is 2.43. The van der Waals surface area contributed by atoms with Gasteiger partial charge in [-0.3, -0.25) is 4.79 Å². The van der Waals surface area contributed by atoms with Crippen LogP contribution < -0.4 is 10.6 Å². The van der Waals surface area contributed by atoms with Crippen molar-refractivity contribution in [1.29, 1.82) is 0 Å². The highest BCUT2D eigenvalue weighted by Gasteiger charge is 2.51. The molecule has 2 rings (SSSR count). The maximum Gasteiger partial charge on any atom is 0.226 e. The fraction of sp³-hybridized carbons (Fsp3) is 0.933. The zero-order valence-electron chi connectivity index (χ0n) is 12.7. The predicted molar refractivity (Wildman–Crippen MR) is 76.0 cm³/mol. The minimum atomic E-state index is -0.153. The monoisotopic (exact) mass is 268 g/mol. The molecule has 2 unspecified atom stereocenters. The van der Waals surface area contributed by atoms with E-state index in [1.807, 2.05) is 0 Å². The van der Waals surface area contributed by atoms with Crippen LogP contribution in [0, 0.1) is 10.8 Å². The summed E-state index contributed by atoms with van der Waals surface area (Å²) in [4.78, 5) is 12.7. The molecule has 2 fully saturated rings. The summed E-state index contributed by atoms with van der Waals surface area (Å²) in [6, 6.07) is 0.253. The van der Waals surface area contributed by atoms with Gasteiger partial charge < -0.3 is 15.4 Å². The van der Waals surface area contributed by atoms with Crippen LogP contribution in [0.3, 0.4) is 0 Å². The number of piperidine rings is 1. The third-order valence-corrected chi connectivity index (χ3v) is 5.49. The van der Waals surface area contributed by atoms with E-state index in [1.165, 1.54) is 0 Å². The minimum Gasteiger partial charge on any atom is -0.381 e. The second-order valence-electron chi connectivity index (χ2n) is 6.69. The molecule has 19 heavy (non-hydrogen) atoms. The number of nitrogens with one attached hydrogen (secondary N) is 2. The highest BCUT2D eigenvalue weighted by Crippen LogP contribution is 2.43. The largest absolute Gasteiger partial charge is 0.381 e. The second kappa shape index (κ2) is 5.41. The molecule has 2 N–H and O–H groups in total. The number of methoxy groups -OCH3 is 1. The first-order valence-electron chi connectivity index (χ1n) is 7.51. The molecule has 0 radical (unpaired) electrons. The maximum atomic E-state index is 12.7. The Balaban J connectivity index is 1.97. The van der Waals surface area contributed by atoms with E-state index in [1.54, 1.807) is 7.11 Å². The molecule has 4 heteroatoms. The van der Waals surface area contributed by atoms with Gasteiger partial charge in [-0.2, -0.15) is 0 Å². The summed E-state index contributed by atoms with van der Waals surface area (Å²) in [5.74, 6) is 0.254. The van der Waals surface area contributed by atoms with Gasteiger partial charge in [-0.15, -0.1) is 0 Å². The first kappa shape index (κ1) is 14.8. The number of ether oxygens (including phenoxy) is 1. The van der Waals surface area contributed by atoms with Crippen LogP contribution in [-0.2, 0) is 9.53 Å². The molecule has 0 aromatic rings. The van der Waals surface area contributed by atoms with Crippen LogP contribution in [0.25, 0.3) is 0 Å². The van der Waals surface area contributed by atoms with E-state index in [0.29, 0.717) is 0 Å². The van der Waals surface area contributed by atoms with Crippen LogP contribution >= 0.6 is 0 Å². The van der Waals surface area contributed by atoms with Crippen LogP contribution in [0.15, 0.2) is 0 Å². The van der Waals surface area contributed by atoms with E-state index < -0.39 is 0 Å². The van der Waals surface area contributed by atoms with Gasteiger partial charge in [0.05, 0.1) is 11.5 Å². The summed E-state index contributed by atoms with van der Waals surface area (Å²) in [6.45, 7) is 8.40. The number of amides is 1. The van der Waals surface area contributed by atoms with Gasteiger partial charge in [0.2, 0.25) is 5.91 Å². The Labute approximate surface area is 116 Å². The van der Waals surface area contributed by atoms with Gasteiger partial charge in [0, 0.05) is 18.6 Å². The van der Waals surface area contributed by atoms with Gasteiger partial charge >= 0.3 is 0 Å². The van der Waals surface area contributed by atoms with E-state index in [0.717, 1.165) is 38.8 Å². The molecule has 0 spiro atoms. The molecule has 0 aromatic carbocycles. The molecular formula is C15H28N2O2. The molecule has 0 aromatic heterocycles. The molecule has 110 valence electrons. The number of carbonyl (C=O) groups excluding carboxylic acids is 1. The molecule has 2 atom stereocenters. The lowest BCUT2D eigenvalue weighted by molar-refractivity contribution is -0.143. The molecule has 1 saturated heterocycles. The molecule has 1 aliphatic heterocycles. The topological polar surface area (TPSA) is 50.4 Å². The zero-order valence-corrected chi connectivity index (χ0v) is 12.7. The van der Waals surface area contributed by atoms with Crippen molar-refractivity contribution in [2.75, 3.05) is 20.2 Å². The van der Waals surface area contributed by atoms with Gasteiger partial charge in [0.15, 0.2) is 0 Å². The lowest BCUT2D eigenvalue weighted by Crippen LogP contribution is -2.64. The van der Waals surface area contributed by atoms with E-state index >= 15 is 0 Å². The van der Waals surface area contributed by atoms with Crippen molar-refractivity contribution < 1.29 is 9.53 Å². The summed E-state index contributed by atoms with van der Waals surface area (Å²) in [6.07, 6.45) is 4.05. The highest BCUT2D eigenvalue weighted by atomic mass is 16.5.